The van der Waals surface area contributed by atoms with Crippen LogP contribution in [0.25, 0.3) is 0 Å². The van der Waals surface area contributed by atoms with Crippen LogP contribution in [0.2, 0.25) is 0 Å². The van der Waals surface area contributed by atoms with Gasteiger partial charge >= 0.3 is 0 Å². The van der Waals surface area contributed by atoms with E-state index in [1.54, 1.807) is 7.11 Å². The highest BCUT2D eigenvalue weighted by molar-refractivity contribution is 5.76. The molecule has 0 spiro atoms. The predicted molar refractivity (Wildman–Crippen MR) is 91.4 cm³/mol. The van der Waals surface area contributed by atoms with E-state index in [2.05, 4.69) is 38.2 Å². The van der Waals surface area contributed by atoms with Crippen molar-refractivity contribution in [3.05, 3.63) is 28.8 Å². The zero-order valence-electron chi connectivity index (χ0n) is 14.7. The molecule has 0 aromatic heterocycles. The lowest BCUT2D eigenvalue weighted by Gasteiger charge is -2.24. The fourth-order valence-electron chi connectivity index (χ4n) is 2.48. The van der Waals surface area contributed by atoms with Crippen molar-refractivity contribution in [1.29, 1.82) is 0 Å². The van der Waals surface area contributed by atoms with Gasteiger partial charge in [0.2, 0.25) is 5.91 Å². The molecule has 4 heteroatoms. The van der Waals surface area contributed by atoms with Gasteiger partial charge in [-0.15, -0.1) is 0 Å². The number of rotatable bonds is 6. The van der Waals surface area contributed by atoms with Crippen molar-refractivity contribution in [2.24, 2.45) is 5.73 Å². The van der Waals surface area contributed by atoms with Crippen LogP contribution in [0.3, 0.4) is 0 Å². The van der Waals surface area contributed by atoms with Crippen LogP contribution in [0.15, 0.2) is 12.1 Å². The molecule has 3 N–H and O–H groups in total. The Hall–Kier alpha value is -1.55. The van der Waals surface area contributed by atoms with Gasteiger partial charge in [-0.05, 0) is 36.8 Å². The Bertz CT molecular complexity index is 519. The summed E-state index contributed by atoms with van der Waals surface area (Å²) in [6.07, 6.45) is 1.19. The van der Waals surface area contributed by atoms with Crippen molar-refractivity contribution in [2.45, 2.75) is 58.9 Å². The summed E-state index contributed by atoms with van der Waals surface area (Å²) in [6, 6.07) is 4.29. The Morgan fingerprint density at radius 1 is 1.36 bits per heavy atom. The summed E-state index contributed by atoms with van der Waals surface area (Å²) in [7, 11) is 1.71. The molecule has 4 nitrogen and oxygen atoms in total. The molecular formula is C18H30N2O2. The SMILES string of the molecule is COc1c(C)cc(CCC(=O)NC(C)CN)cc1C(C)(C)C. The number of carbonyl (C=O) groups excluding carboxylic acids is 1. The van der Waals surface area contributed by atoms with E-state index in [0.717, 1.165) is 17.7 Å². The van der Waals surface area contributed by atoms with Crippen molar-refractivity contribution >= 4 is 5.91 Å². The van der Waals surface area contributed by atoms with E-state index in [0.29, 0.717) is 13.0 Å². The van der Waals surface area contributed by atoms with Crippen LogP contribution in [0.4, 0.5) is 0 Å². The number of methoxy groups -OCH3 is 1. The minimum absolute atomic E-state index is 0.00242. The second-order valence-corrected chi connectivity index (χ2v) is 6.95. The minimum atomic E-state index is 0.00242. The molecule has 0 aliphatic heterocycles. The zero-order valence-corrected chi connectivity index (χ0v) is 14.7. The van der Waals surface area contributed by atoms with Crippen LogP contribution >= 0.6 is 0 Å². The van der Waals surface area contributed by atoms with E-state index in [-0.39, 0.29) is 17.4 Å². The topological polar surface area (TPSA) is 64.3 Å². The van der Waals surface area contributed by atoms with Crippen LogP contribution in [-0.4, -0.2) is 25.6 Å². The van der Waals surface area contributed by atoms with Gasteiger partial charge in [0.1, 0.15) is 5.75 Å². The molecule has 0 radical (unpaired) electrons. The molecule has 1 aromatic carbocycles. The highest BCUT2D eigenvalue weighted by Crippen LogP contribution is 2.35. The second kappa shape index (κ2) is 7.63. The number of benzene rings is 1. The summed E-state index contributed by atoms with van der Waals surface area (Å²) < 4.78 is 5.56. The van der Waals surface area contributed by atoms with Gasteiger partial charge in [-0.3, -0.25) is 4.79 Å². The Morgan fingerprint density at radius 3 is 2.50 bits per heavy atom. The molecule has 1 rings (SSSR count). The van der Waals surface area contributed by atoms with E-state index < -0.39 is 0 Å². The largest absolute Gasteiger partial charge is 0.496 e. The average Bonchev–Trinajstić information content (AvgIpc) is 2.43. The van der Waals surface area contributed by atoms with Gasteiger partial charge in [0.15, 0.2) is 0 Å². The maximum Gasteiger partial charge on any atom is 0.220 e. The van der Waals surface area contributed by atoms with Crippen molar-refractivity contribution in [3.8, 4) is 5.75 Å². The Kier molecular flexibility index (Phi) is 6.42. The number of carbonyl (C=O) groups is 1. The molecule has 1 amide bonds. The quantitative estimate of drug-likeness (QED) is 0.849. The maximum atomic E-state index is 11.9. The van der Waals surface area contributed by atoms with Crippen LogP contribution in [0.1, 0.15) is 50.8 Å². The third kappa shape index (κ3) is 5.02. The summed E-state index contributed by atoms with van der Waals surface area (Å²) in [5, 5.41) is 2.89. The Balaban J connectivity index is 2.89. The van der Waals surface area contributed by atoms with Gasteiger partial charge in [0.05, 0.1) is 7.11 Å². The van der Waals surface area contributed by atoms with Gasteiger partial charge < -0.3 is 15.8 Å². The number of nitrogens with one attached hydrogen (secondary N) is 1. The molecule has 0 saturated heterocycles. The van der Waals surface area contributed by atoms with E-state index in [1.165, 1.54) is 11.1 Å². The van der Waals surface area contributed by atoms with Crippen molar-refractivity contribution in [2.75, 3.05) is 13.7 Å². The molecule has 22 heavy (non-hydrogen) atoms. The van der Waals surface area contributed by atoms with Gasteiger partial charge in [0, 0.05) is 24.6 Å². The normalized spacial score (nSPS) is 12.9. The van der Waals surface area contributed by atoms with Gasteiger partial charge in [0.25, 0.3) is 0 Å². The van der Waals surface area contributed by atoms with Crippen molar-refractivity contribution < 1.29 is 9.53 Å². The number of ether oxygens (including phenoxy) is 1. The molecule has 0 fully saturated rings. The molecule has 0 aliphatic rings. The van der Waals surface area contributed by atoms with E-state index >= 15 is 0 Å². The molecule has 0 saturated carbocycles. The van der Waals surface area contributed by atoms with E-state index in [4.69, 9.17) is 10.5 Å². The first-order chi connectivity index (χ1) is 10.2. The van der Waals surface area contributed by atoms with E-state index in [1.807, 2.05) is 13.8 Å². The number of nitrogens with two attached hydrogens (primary N) is 1. The standard InChI is InChI=1S/C18H30N2O2/c1-12-9-14(7-8-16(21)20-13(2)11-19)10-15(17(12)22-6)18(3,4)5/h9-10,13H,7-8,11,19H2,1-6H3,(H,20,21). The first-order valence-corrected chi connectivity index (χ1v) is 7.86. The lowest BCUT2D eigenvalue weighted by Crippen LogP contribution is -2.37. The number of amides is 1. The molecular weight excluding hydrogens is 276 g/mol. The molecule has 1 aromatic rings. The lowest BCUT2D eigenvalue weighted by molar-refractivity contribution is -0.121. The summed E-state index contributed by atoms with van der Waals surface area (Å²) in [5.41, 5.74) is 8.98. The van der Waals surface area contributed by atoms with Crippen molar-refractivity contribution in [3.63, 3.8) is 0 Å². The number of hydrogen-bond acceptors (Lipinski definition) is 3. The molecule has 1 unspecified atom stereocenters. The minimum Gasteiger partial charge on any atom is -0.496 e. The first-order valence-electron chi connectivity index (χ1n) is 7.86. The second-order valence-electron chi connectivity index (χ2n) is 6.95. The first kappa shape index (κ1) is 18.5. The van der Waals surface area contributed by atoms with Crippen LogP contribution in [0, 0.1) is 6.92 Å². The Labute approximate surface area is 134 Å². The monoisotopic (exact) mass is 306 g/mol. The lowest BCUT2D eigenvalue weighted by atomic mass is 9.83. The highest BCUT2D eigenvalue weighted by atomic mass is 16.5. The summed E-state index contributed by atoms with van der Waals surface area (Å²) in [4.78, 5) is 11.9. The molecule has 0 heterocycles. The molecule has 124 valence electrons. The molecule has 0 aliphatic carbocycles. The van der Waals surface area contributed by atoms with E-state index in [9.17, 15) is 4.79 Å². The Morgan fingerprint density at radius 2 is 2.00 bits per heavy atom. The third-order valence-electron chi connectivity index (χ3n) is 3.75. The summed E-state index contributed by atoms with van der Waals surface area (Å²) in [5.74, 6) is 0.987. The van der Waals surface area contributed by atoms with Crippen LogP contribution in [-0.2, 0) is 16.6 Å². The van der Waals surface area contributed by atoms with Crippen LogP contribution < -0.4 is 15.8 Å². The highest BCUT2D eigenvalue weighted by Gasteiger charge is 2.21. The number of hydrogen-bond donors (Lipinski definition) is 2. The fraction of sp³-hybridized carbons (Fsp3) is 0.611. The van der Waals surface area contributed by atoms with Gasteiger partial charge in [-0.25, -0.2) is 0 Å². The fourth-order valence-corrected chi connectivity index (χ4v) is 2.48. The number of aryl methyl sites for hydroxylation is 2. The maximum absolute atomic E-state index is 11.9. The zero-order chi connectivity index (χ0) is 16.9. The summed E-state index contributed by atoms with van der Waals surface area (Å²) >= 11 is 0. The van der Waals surface area contributed by atoms with Crippen molar-refractivity contribution in [1.82, 2.24) is 5.32 Å². The molecule has 0 bridgehead atoms. The van der Waals surface area contributed by atoms with Gasteiger partial charge in [-0.2, -0.15) is 0 Å². The van der Waals surface area contributed by atoms with Crippen LogP contribution in [0.5, 0.6) is 5.75 Å². The predicted octanol–water partition coefficient (Wildman–Crippen LogP) is 2.70. The third-order valence-corrected chi connectivity index (χ3v) is 3.75. The van der Waals surface area contributed by atoms with Gasteiger partial charge in [-0.1, -0.05) is 32.9 Å². The average molecular weight is 306 g/mol. The summed E-state index contributed by atoms with van der Waals surface area (Å²) in [6.45, 7) is 10.9. The smallest absolute Gasteiger partial charge is 0.220 e. The molecule has 1 atom stereocenters.